The van der Waals surface area contributed by atoms with Gasteiger partial charge in [-0.3, -0.25) is 0 Å². The molecule has 0 saturated heterocycles. The summed E-state index contributed by atoms with van der Waals surface area (Å²) in [4.78, 5) is 5.26. The van der Waals surface area contributed by atoms with Crippen molar-refractivity contribution in [1.29, 1.82) is 0 Å². The van der Waals surface area contributed by atoms with Gasteiger partial charge in [-0.1, -0.05) is 207 Å². The molecule has 12 rings (SSSR count). The van der Waals surface area contributed by atoms with E-state index in [9.17, 15) is 0 Å². The minimum absolute atomic E-state index is 0.00202. The predicted molar refractivity (Wildman–Crippen MR) is 313 cm³/mol. The minimum atomic E-state index is -0.143. The maximum absolute atomic E-state index is 2.66. The van der Waals surface area contributed by atoms with Crippen LogP contribution in [0.15, 0.2) is 145 Å². The maximum Gasteiger partial charge on any atom is 0.252 e. The fourth-order valence-electron chi connectivity index (χ4n) is 13.8. The largest absolute Gasteiger partial charge is 0.311 e. The highest BCUT2D eigenvalue weighted by Gasteiger charge is 2.48. The number of hydrogen-bond acceptors (Lipinski definition) is 2. The Morgan fingerprint density at radius 2 is 0.875 bits per heavy atom. The standard InChI is InChI=1S/C68H72BN3/c1-63(2,3)43-25-28-45(29-26-43)70-56-32-27-44(64(4,5)6)37-52(56)69-53-40-51-42(36-61(66(10,11)12)68(51,15)16)34-57(53)71(46-30-31-50-41(33-46)35-60(65(7,8)9)67(50,13)14)59-39-47(38-58(70)62(59)69)72-54-23-19-17-21-48(54)49-22-18-20-24-55(49)72/h17-40H,1-16H3. The minimum Gasteiger partial charge on any atom is -0.311 e. The van der Waals surface area contributed by atoms with E-state index in [-0.39, 0.29) is 39.2 Å². The zero-order valence-corrected chi connectivity index (χ0v) is 45.8. The lowest BCUT2D eigenvalue weighted by molar-refractivity contribution is 0.424. The van der Waals surface area contributed by atoms with E-state index in [1.807, 2.05) is 0 Å². The van der Waals surface area contributed by atoms with Gasteiger partial charge in [0.1, 0.15) is 0 Å². The molecule has 2 aliphatic carbocycles. The van der Waals surface area contributed by atoms with Gasteiger partial charge in [-0.05, 0) is 132 Å². The molecule has 3 heterocycles. The van der Waals surface area contributed by atoms with Crippen LogP contribution in [-0.4, -0.2) is 11.3 Å². The Hall–Kier alpha value is -6.52. The first kappa shape index (κ1) is 46.5. The van der Waals surface area contributed by atoms with Crippen LogP contribution in [0.3, 0.4) is 0 Å². The second kappa shape index (κ2) is 15.0. The van der Waals surface area contributed by atoms with E-state index in [0.29, 0.717) is 0 Å². The third-order valence-electron chi connectivity index (χ3n) is 17.1. The van der Waals surface area contributed by atoms with E-state index in [1.54, 1.807) is 0 Å². The summed E-state index contributed by atoms with van der Waals surface area (Å²) in [5, 5.41) is 2.52. The van der Waals surface area contributed by atoms with E-state index < -0.39 is 0 Å². The number of allylic oxidation sites excluding steroid dienone is 2. The molecule has 362 valence electrons. The van der Waals surface area contributed by atoms with Gasteiger partial charge >= 0.3 is 0 Å². The topological polar surface area (TPSA) is 11.4 Å². The van der Waals surface area contributed by atoms with E-state index in [2.05, 4.69) is 271 Å². The fourth-order valence-corrected chi connectivity index (χ4v) is 13.8. The van der Waals surface area contributed by atoms with Crippen molar-refractivity contribution < 1.29 is 0 Å². The van der Waals surface area contributed by atoms with Gasteiger partial charge in [0.2, 0.25) is 0 Å². The van der Waals surface area contributed by atoms with Crippen LogP contribution in [0.25, 0.3) is 39.6 Å². The molecule has 0 atom stereocenters. The smallest absolute Gasteiger partial charge is 0.252 e. The van der Waals surface area contributed by atoms with Crippen LogP contribution in [0.4, 0.5) is 34.1 Å². The van der Waals surface area contributed by atoms with Gasteiger partial charge in [-0.25, -0.2) is 0 Å². The lowest BCUT2D eigenvalue weighted by Crippen LogP contribution is -2.61. The summed E-state index contributed by atoms with van der Waals surface area (Å²) >= 11 is 0. The van der Waals surface area contributed by atoms with Crippen molar-refractivity contribution in [3.8, 4) is 5.69 Å². The molecule has 0 amide bonds. The SMILES string of the molecule is CC(C)(C)C1=Cc2cc(N3c4cc5c(cc4B4c6cc(C(C)(C)C)ccc6N(c6ccc(C(C)(C)C)cc6)c6cc(-n7c8ccccc8c8ccccc87)cc3c64)C(C)(C)C(C(C)(C)C)=C5)ccc2C1(C)C. The summed E-state index contributed by atoms with van der Waals surface area (Å²) in [5.74, 6) is 0. The molecule has 0 bridgehead atoms. The van der Waals surface area contributed by atoms with E-state index in [0.717, 1.165) is 5.69 Å². The first-order chi connectivity index (χ1) is 33.7. The second-order valence-corrected chi connectivity index (χ2v) is 26.8. The highest BCUT2D eigenvalue weighted by molar-refractivity contribution is 7.00. The van der Waals surface area contributed by atoms with Gasteiger partial charge < -0.3 is 14.4 Å². The third kappa shape index (κ3) is 6.76. The molecule has 8 aromatic rings. The van der Waals surface area contributed by atoms with Crippen molar-refractivity contribution in [2.75, 3.05) is 9.80 Å². The van der Waals surface area contributed by atoms with Crippen LogP contribution in [-0.2, 0) is 21.7 Å². The zero-order valence-electron chi connectivity index (χ0n) is 45.8. The van der Waals surface area contributed by atoms with Crippen LogP contribution >= 0.6 is 0 Å². The first-order valence-electron chi connectivity index (χ1n) is 26.5. The van der Waals surface area contributed by atoms with E-state index in [4.69, 9.17) is 0 Å². The quantitative estimate of drug-likeness (QED) is 0.164. The molecule has 0 N–H and O–H groups in total. The lowest BCUT2D eigenvalue weighted by atomic mass is 9.33. The van der Waals surface area contributed by atoms with Crippen LogP contribution in [0, 0.1) is 10.8 Å². The second-order valence-electron chi connectivity index (χ2n) is 26.8. The fraction of sp³-hybridized carbons (Fsp3) is 0.324. The summed E-state index contributed by atoms with van der Waals surface area (Å²) in [6, 6.07) is 52.4. The molecule has 0 spiro atoms. The molecule has 72 heavy (non-hydrogen) atoms. The molecule has 1 aromatic heterocycles. The Labute approximate surface area is 430 Å². The van der Waals surface area contributed by atoms with Gasteiger partial charge in [0.25, 0.3) is 6.71 Å². The summed E-state index contributed by atoms with van der Waals surface area (Å²) in [5.41, 5.74) is 25.8. The van der Waals surface area contributed by atoms with Gasteiger partial charge in [0.15, 0.2) is 0 Å². The van der Waals surface area contributed by atoms with Gasteiger partial charge in [-0.2, -0.15) is 0 Å². The number of benzene rings is 7. The van der Waals surface area contributed by atoms with Crippen molar-refractivity contribution >= 4 is 91.2 Å². The molecule has 0 saturated carbocycles. The Morgan fingerprint density at radius 1 is 0.389 bits per heavy atom. The monoisotopic (exact) mass is 942 g/mol. The number of para-hydroxylation sites is 2. The number of anilines is 6. The van der Waals surface area contributed by atoms with Gasteiger partial charge in [-0.15, -0.1) is 0 Å². The molecule has 4 heteroatoms. The molecule has 7 aromatic carbocycles. The average Bonchev–Trinajstić information content (AvgIpc) is 3.90. The Kier molecular flexibility index (Phi) is 9.72. The normalized spacial score (nSPS) is 16.6. The van der Waals surface area contributed by atoms with E-state index in [1.165, 1.54) is 117 Å². The third-order valence-corrected chi connectivity index (χ3v) is 17.1. The highest BCUT2D eigenvalue weighted by atomic mass is 15.2. The predicted octanol–water partition coefficient (Wildman–Crippen LogP) is 16.9. The number of nitrogens with zero attached hydrogens (tertiary/aromatic N) is 3. The van der Waals surface area contributed by atoms with Crippen LogP contribution in [0.1, 0.15) is 144 Å². The van der Waals surface area contributed by atoms with Crippen LogP contribution in [0.5, 0.6) is 0 Å². The molecule has 0 unspecified atom stereocenters. The van der Waals surface area contributed by atoms with Gasteiger partial charge in [0, 0.05) is 55.7 Å². The zero-order chi connectivity index (χ0) is 51.0. The van der Waals surface area contributed by atoms with Crippen LogP contribution in [0.2, 0.25) is 0 Å². The summed E-state index contributed by atoms with van der Waals surface area (Å²) in [6.07, 6.45) is 5.04. The Balaban J connectivity index is 1.24. The summed E-state index contributed by atoms with van der Waals surface area (Å²) in [6.45, 7) is 38.0. The summed E-state index contributed by atoms with van der Waals surface area (Å²) in [7, 11) is 0. The van der Waals surface area contributed by atoms with Crippen molar-refractivity contribution in [2.24, 2.45) is 10.8 Å². The summed E-state index contributed by atoms with van der Waals surface area (Å²) < 4.78 is 2.52. The number of rotatable bonds is 3. The number of hydrogen-bond donors (Lipinski definition) is 0. The number of aromatic nitrogens is 1. The molecular formula is C68H72BN3. The Bertz CT molecular complexity index is 3620. The Morgan fingerprint density at radius 3 is 1.43 bits per heavy atom. The molecule has 4 aliphatic rings. The first-order valence-corrected chi connectivity index (χ1v) is 26.5. The van der Waals surface area contributed by atoms with Crippen molar-refractivity contribution in [1.82, 2.24) is 4.57 Å². The highest BCUT2D eigenvalue weighted by Crippen LogP contribution is 2.54. The van der Waals surface area contributed by atoms with E-state index >= 15 is 0 Å². The van der Waals surface area contributed by atoms with Crippen molar-refractivity contribution in [2.45, 2.75) is 132 Å². The van der Waals surface area contributed by atoms with Crippen molar-refractivity contribution in [3.63, 3.8) is 0 Å². The number of fused-ring (bicyclic) bond motifs is 9. The molecule has 3 nitrogen and oxygen atoms in total. The average molecular weight is 942 g/mol. The molecule has 0 fully saturated rings. The van der Waals surface area contributed by atoms with Crippen molar-refractivity contribution in [3.05, 3.63) is 178 Å². The molecule has 0 radical (unpaired) electrons. The molecule has 2 aliphatic heterocycles. The lowest BCUT2D eigenvalue weighted by Gasteiger charge is -2.45. The van der Waals surface area contributed by atoms with Crippen LogP contribution < -0.4 is 26.2 Å². The van der Waals surface area contributed by atoms with Gasteiger partial charge in [0.05, 0.1) is 16.7 Å². The maximum atomic E-state index is 2.66. The molecular weight excluding hydrogens is 870 g/mol.